The van der Waals surface area contributed by atoms with Gasteiger partial charge in [0.2, 0.25) is 5.91 Å². The minimum atomic E-state index is -4.38. The summed E-state index contributed by atoms with van der Waals surface area (Å²) in [4.78, 5) is 10.5. The summed E-state index contributed by atoms with van der Waals surface area (Å²) in [5, 5.41) is 9.67. The monoisotopic (exact) mass is 196 g/mol. The fraction of sp³-hybridized carbons (Fsp3) is 0.667. The van der Waals surface area contributed by atoms with Crippen molar-refractivity contribution in [1.29, 1.82) is 5.26 Å². The Labute approximate surface area is 72.3 Å². The molecule has 0 atom stereocenters. The quantitative estimate of drug-likeness (QED) is 0.405. The maximum absolute atomic E-state index is 11.5. The first-order valence-electron chi connectivity index (χ1n) is 3.28. The molecule has 7 heteroatoms. The van der Waals surface area contributed by atoms with E-state index in [0.717, 1.165) is 0 Å². The van der Waals surface area contributed by atoms with E-state index in [1.54, 1.807) is 5.32 Å². The topological polar surface area (TPSA) is 62.1 Å². The van der Waals surface area contributed by atoms with Crippen LogP contribution in [0.2, 0.25) is 0 Å². The number of halogens is 3. The van der Waals surface area contributed by atoms with Crippen molar-refractivity contribution in [2.75, 3.05) is 13.2 Å². The number of nitriles is 1. The van der Waals surface area contributed by atoms with E-state index in [2.05, 4.69) is 4.74 Å². The van der Waals surface area contributed by atoms with E-state index >= 15 is 0 Å². The molecule has 0 aromatic heterocycles. The molecular weight excluding hydrogens is 189 g/mol. The molecule has 0 aliphatic rings. The molecule has 0 unspecified atom stereocenters. The number of ether oxygens (including phenoxy) is 1. The molecule has 0 fully saturated rings. The van der Waals surface area contributed by atoms with Gasteiger partial charge in [-0.15, -0.1) is 0 Å². The normalized spacial score (nSPS) is 10.6. The van der Waals surface area contributed by atoms with Crippen LogP contribution in [0.25, 0.3) is 0 Å². The first-order valence-corrected chi connectivity index (χ1v) is 3.28. The van der Waals surface area contributed by atoms with E-state index in [0.29, 0.717) is 0 Å². The van der Waals surface area contributed by atoms with E-state index in [1.807, 2.05) is 0 Å². The molecule has 0 spiro atoms. The molecule has 0 rings (SSSR count). The third-order valence-corrected chi connectivity index (χ3v) is 0.935. The third-order valence-electron chi connectivity index (χ3n) is 0.935. The number of amides is 1. The van der Waals surface area contributed by atoms with Crippen LogP contribution in [0.15, 0.2) is 0 Å². The fourth-order valence-electron chi connectivity index (χ4n) is 0.478. The van der Waals surface area contributed by atoms with Crippen LogP contribution in [0.5, 0.6) is 0 Å². The summed E-state index contributed by atoms with van der Waals surface area (Å²) < 4.78 is 38.5. The Morgan fingerprint density at radius 2 is 2.15 bits per heavy atom. The lowest BCUT2D eigenvalue weighted by Gasteiger charge is -2.06. The molecule has 0 aromatic carbocycles. The summed E-state index contributed by atoms with van der Waals surface area (Å²) in [6.07, 6.45) is -3.30. The molecule has 0 aliphatic carbocycles. The number of hydrogen-bond donors (Lipinski definition) is 1. The lowest BCUT2D eigenvalue weighted by molar-refractivity contribution is -0.174. The number of rotatable bonds is 4. The second kappa shape index (κ2) is 5.37. The van der Waals surface area contributed by atoms with Crippen molar-refractivity contribution in [3.05, 3.63) is 0 Å². The van der Waals surface area contributed by atoms with E-state index < -0.39 is 18.7 Å². The summed E-state index contributed by atoms with van der Waals surface area (Å²) in [7, 11) is 0. The molecule has 1 N–H and O–H groups in total. The molecule has 0 saturated heterocycles. The van der Waals surface area contributed by atoms with Gasteiger partial charge in [0.05, 0.1) is 13.0 Å². The molecule has 13 heavy (non-hydrogen) atoms. The average molecular weight is 196 g/mol. The molecule has 0 radical (unpaired) electrons. The second-order valence-corrected chi connectivity index (χ2v) is 2.08. The third kappa shape index (κ3) is 8.62. The van der Waals surface area contributed by atoms with E-state index in [9.17, 15) is 18.0 Å². The summed E-state index contributed by atoms with van der Waals surface area (Å²) in [5.41, 5.74) is 0. The minimum absolute atomic E-state index is 0.260. The van der Waals surface area contributed by atoms with Crippen LogP contribution in [0, 0.1) is 11.5 Å². The molecule has 0 aliphatic heterocycles. The number of hydrogen-bond acceptors (Lipinski definition) is 3. The van der Waals surface area contributed by atoms with Crippen LogP contribution in [0.1, 0.15) is 6.42 Å². The van der Waals surface area contributed by atoms with Gasteiger partial charge in [-0.05, 0) is 0 Å². The molecular formula is C6H7F3N2O2. The molecule has 0 bridgehead atoms. The highest BCUT2D eigenvalue weighted by atomic mass is 19.4. The average Bonchev–Trinajstić information content (AvgIpc) is 1.97. The lowest BCUT2D eigenvalue weighted by atomic mass is 10.4. The molecule has 0 saturated carbocycles. The summed E-state index contributed by atoms with van der Waals surface area (Å²) >= 11 is 0. The maximum atomic E-state index is 11.5. The van der Waals surface area contributed by atoms with Gasteiger partial charge >= 0.3 is 6.18 Å². The van der Waals surface area contributed by atoms with Gasteiger partial charge < -0.3 is 4.74 Å². The number of carbonyl (C=O) groups excluding carboxylic acids is 1. The number of alkyl halides is 3. The highest BCUT2D eigenvalue weighted by Gasteiger charge is 2.27. The largest absolute Gasteiger partial charge is 0.411 e. The number of carbonyl (C=O) groups is 1. The van der Waals surface area contributed by atoms with Crippen molar-refractivity contribution in [3.8, 4) is 6.19 Å². The summed E-state index contributed by atoms with van der Waals surface area (Å²) in [6.45, 7) is -1.74. The van der Waals surface area contributed by atoms with Gasteiger partial charge in [0.25, 0.3) is 0 Å². The molecule has 1 amide bonds. The second-order valence-electron chi connectivity index (χ2n) is 2.08. The van der Waals surface area contributed by atoms with Crippen molar-refractivity contribution in [2.24, 2.45) is 0 Å². The Morgan fingerprint density at radius 3 is 2.62 bits per heavy atom. The molecule has 0 heterocycles. The first-order chi connectivity index (χ1) is 5.95. The predicted molar refractivity (Wildman–Crippen MR) is 35.2 cm³/mol. The molecule has 4 nitrogen and oxygen atoms in total. The van der Waals surface area contributed by atoms with Gasteiger partial charge in [0.15, 0.2) is 6.19 Å². The van der Waals surface area contributed by atoms with Crippen molar-refractivity contribution in [2.45, 2.75) is 12.6 Å². The van der Waals surface area contributed by atoms with Gasteiger partial charge in [-0.25, -0.2) is 0 Å². The van der Waals surface area contributed by atoms with Gasteiger partial charge in [-0.2, -0.15) is 18.4 Å². The number of nitrogens with zero attached hydrogens (tertiary/aromatic N) is 1. The fourth-order valence-corrected chi connectivity index (χ4v) is 0.478. The van der Waals surface area contributed by atoms with Crippen molar-refractivity contribution >= 4 is 5.91 Å². The van der Waals surface area contributed by atoms with Crippen LogP contribution < -0.4 is 5.32 Å². The van der Waals surface area contributed by atoms with Gasteiger partial charge in [-0.1, -0.05) is 0 Å². The standard InChI is InChI=1S/C6H7F3N2O2/c7-6(8,9)3-13-2-1-5(12)11-4-10/h1-3H2,(H,11,12). The van der Waals surface area contributed by atoms with Crippen LogP contribution in [-0.2, 0) is 9.53 Å². The minimum Gasteiger partial charge on any atom is -0.372 e. The van der Waals surface area contributed by atoms with E-state index in [-0.39, 0.29) is 13.0 Å². The van der Waals surface area contributed by atoms with Gasteiger partial charge in [0.1, 0.15) is 6.61 Å². The van der Waals surface area contributed by atoms with Crippen LogP contribution in [0.3, 0.4) is 0 Å². The van der Waals surface area contributed by atoms with Crippen molar-refractivity contribution in [1.82, 2.24) is 5.32 Å². The molecule has 0 aromatic rings. The van der Waals surface area contributed by atoms with Crippen LogP contribution >= 0.6 is 0 Å². The Kier molecular flexibility index (Phi) is 4.84. The predicted octanol–water partition coefficient (Wildman–Crippen LogP) is 0.553. The van der Waals surface area contributed by atoms with Crippen LogP contribution in [-0.4, -0.2) is 25.3 Å². The van der Waals surface area contributed by atoms with Crippen molar-refractivity contribution < 1.29 is 22.7 Å². The summed E-state index contributed by atoms with van der Waals surface area (Å²) in [5.74, 6) is -0.662. The SMILES string of the molecule is N#CNC(=O)CCOCC(F)(F)F. The Bertz CT molecular complexity index is 209. The highest BCUT2D eigenvalue weighted by molar-refractivity contribution is 5.77. The maximum Gasteiger partial charge on any atom is 0.411 e. The summed E-state index contributed by atoms with van der Waals surface area (Å²) in [6, 6.07) is 0. The number of nitrogens with one attached hydrogen (secondary N) is 1. The highest BCUT2D eigenvalue weighted by Crippen LogP contribution is 2.14. The lowest BCUT2D eigenvalue weighted by Crippen LogP contribution is -2.22. The van der Waals surface area contributed by atoms with Gasteiger partial charge in [0, 0.05) is 0 Å². The first kappa shape index (κ1) is 11.7. The Morgan fingerprint density at radius 1 is 1.54 bits per heavy atom. The zero-order valence-electron chi connectivity index (χ0n) is 6.52. The molecule has 74 valence electrons. The van der Waals surface area contributed by atoms with Gasteiger partial charge in [-0.3, -0.25) is 10.1 Å². The smallest absolute Gasteiger partial charge is 0.372 e. The van der Waals surface area contributed by atoms with Crippen LogP contribution in [0.4, 0.5) is 13.2 Å². The van der Waals surface area contributed by atoms with E-state index in [1.165, 1.54) is 6.19 Å². The zero-order valence-corrected chi connectivity index (χ0v) is 6.52. The van der Waals surface area contributed by atoms with Crippen molar-refractivity contribution in [3.63, 3.8) is 0 Å². The Balaban J connectivity index is 3.37. The zero-order chi connectivity index (χ0) is 10.3. The van der Waals surface area contributed by atoms with E-state index in [4.69, 9.17) is 5.26 Å². The Hall–Kier alpha value is -1.29.